The summed E-state index contributed by atoms with van der Waals surface area (Å²) in [5.41, 5.74) is 0. The van der Waals surface area contributed by atoms with Gasteiger partial charge in [0.25, 0.3) is 0 Å². The van der Waals surface area contributed by atoms with Gasteiger partial charge in [0.2, 0.25) is 10.4 Å². The molecule has 7 unspecified atom stereocenters. The Morgan fingerprint density at radius 3 is 2.21 bits per heavy atom. The van der Waals surface area contributed by atoms with Gasteiger partial charge in [-0.05, 0) is 0 Å². The first-order valence-corrected chi connectivity index (χ1v) is 10.4. The van der Waals surface area contributed by atoms with E-state index in [0.29, 0.717) is 0 Å². The Morgan fingerprint density at radius 2 is 1.66 bits per heavy atom. The molecule has 0 aromatic carbocycles. The third-order valence-electron chi connectivity index (χ3n) is 3.87. The minimum atomic E-state index is -5.05. The summed E-state index contributed by atoms with van der Waals surface area (Å²) >= 11 is 0. The molecule has 0 radical (unpaired) electrons. The van der Waals surface area contributed by atoms with Crippen LogP contribution in [0.2, 0.25) is 0 Å². The van der Waals surface area contributed by atoms with E-state index in [1.54, 1.807) is 4.72 Å². The van der Waals surface area contributed by atoms with Crippen molar-refractivity contribution in [1.82, 2.24) is 4.72 Å². The van der Waals surface area contributed by atoms with E-state index in [1.165, 1.54) is 0 Å². The first-order chi connectivity index (χ1) is 12.4. The molecule has 2 fully saturated rings. The summed E-state index contributed by atoms with van der Waals surface area (Å²) in [5, 5.41) is 29.6. The van der Waals surface area contributed by atoms with Crippen molar-refractivity contribution in [3.63, 3.8) is 0 Å². The van der Waals surface area contributed by atoms with E-state index in [0.717, 1.165) is 0 Å². The van der Waals surface area contributed by atoms with E-state index >= 15 is 0 Å². The van der Waals surface area contributed by atoms with E-state index in [9.17, 15) is 41.3 Å². The van der Waals surface area contributed by atoms with Gasteiger partial charge in [-0.3, -0.25) is 4.18 Å². The van der Waals surface area contributed by atoms with Crippen molar-refractivity contribution in [2.24, 2.45) is 0 Å². The van der Waals surface area contributed by atoms with Crippen LogP contribution in [0.5, 0.6) is 0 Å². The summed E-state index contributed by atoms with van der Waals surface area (Å²) < 4.78 is 85.8. The largest absolute Gasteiger partial charge is 1.00 e. The SMILES string of the molecule is O=S(=O)([O-])NC1C(O)CC(COS(=O)(=O)[O-])OC1OC1COCC(O)C1O.[Na+].[Na+]. The van der Waals surface area contributed by atoms with Gasteiger partial charge in [-0.15, -0.1) is 0 Å². The zero-order chi connectivity index (χ0) is 20.4. The van der Waals surface area contributed by atoms with Crippen LogP contribution in [0.15, 0.2) is 0 Å². The van der Waals surface area contributed by atoms with Crippen molar-refractivity contribution in [1.29, 1.82) is 0 Å². The van der Waals surface area contributed by atoms with Gasteiger partial charge in [-0.1, -0.05) is 0 Å². The maximum atomic E-state index is 11.0. The van der Waals surface area contributed by atoms with Crippen molar-refractivity contribution >= 4 is 20.7 Å². The molecule has 14 nitrogen and oxygen atoms in total. The second-order valence-electron chi connectivity index (χ2n) is 5.99. The van der Waals surface area contributed by atoms with Crippen LogP contribution < -0.4 is 63.8 Å². The predicted octanol–water partition coefficient (Wildman–Crippen LogP) is -10.5. The number of ether oxygens (including phenoxy) is 3. The Hall–Kier alpha value is 1.50. The third kappa shape index (κ3) is 10.3. The molecule has 4 N–H and O–H groups in total. The monoisotopic (exact) mass is 483 g/mol. The Balaban J connectivity index is 0.00000392. The molecule has 2 saturated heterocycles. The first kappa shape index (κ1) is 30.5. The second kappa shape index (κ2) is 12.7. The molecule has 0 spiro atoms. The average molecular weight is 483 g/mol. The smallest absolute Gasteiger partial charge is 0.735 e. The Labute approximate surface area is 211 Å². The molecule has 0 amide bonds. The number of aliphatic hydroxyl groups is 3. The summed E-state index contributed by atoms with van der Waals surface area (Å²) in [4.78, 5) is 0. The molecular weight excluding hydrogens is 464 g/mol. The van der Waals surface area contributed by atoms with Crippen LogP contribution in [0.1, 0.15) is 6.42 Å². The van der Waals surface area contributed by atoms with Gasteiger partial charge in [-0.2, -0.15) is 0 Å². The maximum absolute atomic E-state index is 11.0. The van der Waals surface area contributed by atoms with Gasteiger partial charge in [0.15, 0.2) is 16.6 Å². The molecule has 2 rings (SSSR count). The Kier molecular flexibility index (Phi) is 13.3. The number of aliphatic hydroxyl groups excluding tert-OH is 3. The molecule has 2 heterocycles. The van der Waals surface area contributed by atoms with Crippen LogP contribution in [0.3, 0.4) is 0 Å². The molecule has 0 saturated carbocycles. The average Bonchev–Trinajstić information content (AvgIpc) is 2.51. The van der Waals surface area contributed by atoms with Crippen molar-refractivity contribution in [2.75, 3.05) is 19.8 Å². The third-order valence-corrected chi connectivity index (χ3v) is 4.86. The molecule has 0 aromatic rings. The first-order valence-electron chi connectivity index (χ1n) is 7.62. The van der Waals surface area contributed by atoms with Crippen LogP contribution in [0, 0.1) is 0 Å². The number of hydrogen-bond acceptors (Lipinski definition) is 13. The van der Waals surface area contributed by atoms with Gasteiger partial charge in [0, 0.05) is 6.42 Å². The van der Waals surface area contributed by atoms with Gasteiger partial charge in [0.1, 0.15) is 18.3 Å². The van der Waals surface area contributed by atoms with Gasteiger partial charge >= 0.3 is 59.1 Å². The molecule has 0 bridgehead atoms. The quantitative estimate of drug-likeness (QED) is 0.150. The van der Waals surface area contributed by atoms with Crippen molar-refractivity contribution in [2.45, 2.75) is 49.3 Å². The zero-order valence-corrected chi connectivity index (χ0v) is 21.2. The van der Waals surface area contributed by atoms with Crippen molar-refractivity contribution < 1.29 is 119 Å². The summed E-state index contributed by atoms with van der Waals surface area (Å²) in [6, 6.07) is -1.61. The Morgan fingerprint density at radius 1 is 1.03 bits per heavy atom. The number of hydrogen-bond donors (Lipinski definition) is 4. The summed E-state index contributed by atoms with van der Waals surface area (Å²) in [7, 11) is -10.1. The number of nitrogens with one attached hydrogen (secondary N) is 1. The molecule has 0 aromatic heterocycles. The van der Waals surface area contributed by atoms with E-state index in [-0.39, 0.29) is 72.3 Å². The van der Waals surface area contributed by atoms with Crippen LogP contribution in [0.4, 0.5) is 0 Å². The van der Waals surface area contributed by atoms with E-state index in [2.05, 4.69) is 4.18 Å². The van der Waals surface area contributed by atoms with E-state index in [1.807, 2.05) is 0 Å². The normalized spacial score (nSPS) is 36.0. The summed E-state index contributed by atoms with van der Waals surface area (Å²) in [5.74, 6) is 0. The molecule has 2 aliphatic rings. The molecular formula is C11H19NNa2O13S2. The molecule has 18 heteroatoms. The van der Waals surface area contributed by atoms with Crippen molar-refractivity contribution in [3.8, 4) is 0 Å². The van der Waals surface area contributed by atoms with Crippen LogP contribution in [0.25, 0.3) is 0 Å². The molecule has 29 heavy (non-hydrogen) atoms. The fourth-order valence-corrected chi connectivity index (χ4v) is 3.57. The van der Waals surface area contributed by atoms with Crippen LogP contribution in [-0.2, 0) is 39.1 Å². The van der Waals surface area contributed by atoms with Gasteiger partial charge in [0.05, 0.1) is 38.1 Å². The van der Waals surface area contributed by atoms with Crippen molar-refractivity contribution in [3.05, 3.63) is 0 Å². The van der Waals surface area contributed by atoms with Crippen LogP contribution >= 0.6 is 0 Å². The van der Waals surface area contributed by atoms with Gasteiger partial charge < -0.3 is 38.6 Å². The van der Waals surface area contributed by atoms with Gasteiger partial charge in [-0.25, -0.2) is 21.6 Å². The predicted molar refractivity (Wildman–Crippen MR) is 79.3 cm³/mol. The van der Waals surface area contributed by atoms with E-state index in [4.69, 9.17) is 14.2 Å². The number of rotatable bonds is 7. The molecule has 160 valence electrons. The molecule has 2 aliphatic heterocycles. The summed E-state index contributed by atoms with van der Waals surface area (Å²) in [6.45, 7) is -1.20. The summed E-state index contributed by atoms with van der Waals surface area (Å²) in [6.07, 6.45) is -8.84. The minimum absolute atomic E-state index is 0. The van der Waals surface area contributed by atoms with Crippen LogP contribution in [-0.4, -0.2) is 104 Å². The Bertz CT molecular complexity index is 708. The minimum Gasteiger partial charge on any atom is -0.735 e. The second-order valence-corrected chi connectivity index (χ2v) is 8.19. The fraction of sp³-hybridized carbons (Fsp3) is 1.00. The molecule has 0 aliphatic carbocycles. The maximum Gasteiger partial charge on any atom is 1.00 e. The zero-order valence-electron chi connectivity index (χ0n) is 15.6. The van der Waals surface area contributed by atoms with E-state index < -0.39 is 76.6 Å². The topological polar surface area (TPSA) is 224 Å². The fourth-order valence-electron chi connectivity index (χ4n) is 2.65. The molecule has 7 atom stereocenters. The standard InChI is InChI=1S/C11H21NO13S2.2Na/c13-6-1-5(2-23-27(19,20)21)24-11(9(6)12-26(16,17)18)25-8-4-22-3-7(14)10(8)15;;/h5-15H,1-4H2,(H,16,17,18)(H,19,20,21);;/q;2*+1/p-2.